The number of aromatic amines is 1. The molecule has 4 heteroatoms. The minimum atomic E-state index is 1.01. The third-order valence-electron chi connectivity index (χ3n) is 9.81. The third-order valence-corrected chi connectivity index (χ3v) is 9.81. The zero-order valence-corrected chi connectivity index (χ0v) is 26.8. The van der Waals surface area contributed by atoms with Gasteiger partial charge in [0.1, 0.15) is 0 Å². The minimum Gasteiger partial charge on any atom is -0.355 e. The number of hydrogen-bond acceptors (Lipinski definition) is 2. The Morgan fingerprint density at radius 3 is 1.59 bits per heavy atom. The largest absolute Gasteiger partial charge is 0.355 e. The van der Waals surface area contributed by atoms with Crippen LogP contribution in [-0.4, -0.2) is 19.5 Å². The van der Waals surface area contributed by atoms with Crippen LogP contribution in [0.1, 0.15) is 67.2 Å². The van der Waals surface area contributed by atoms with Crippen LogP contribution in [0.4, 0.5) is 0 Å². The van der Waals surface area contributed by atoms with Gasteiger partial charge < -0.3 is 9.55 Å². The van der Waals surface area contributed by atoms with Crippen LogP contribution >= 0.6 is 0 Å². The van der Waals surface area contributed by atoms with Crippen LogP contribution < -0.4 is 0 Å². The first-order chi connectivity index (χ1) is 21.2. The summed E-state index contributed by atoms with van der Waals surface area (Å²) >= 11 is 0. The van der Waals surface area contributed by atoms with E-state index in [4.69, 9.17) is 9.97 Å². The van der Waals surface area contributed by atoms with Gasteiger partial charge >= 0.3 is 0 Å². The molecule has 2 aromatic carbocycles. The molecule has 218 valence electrons. The smallest absolute Gasteiger partial charge is 0.0769 e. The second kappa shape index (κ2) is 10.3. The Kier molecular flexibility index (Phi) is 6.55. The number of allylic oxidation sites excluding steroid dienone is 4. The first-order valence-corrected chi connectivity index (χ1v) is 15.3. The van der Waals surface area contributed by atoms with Gasteiger partial charge in [0.15, 0.2) is 0 Å². The summed E-state index contributed by atoms with van der Waals surface area (Å²) < 4.78 is 2.35. The second-order valence-corrected chi connectivity index (χ2v) is 12.2. The molecule has 5 heterocycles. The normalized spacial score (nSPS) is 13.3. The molecule has 4 nitrogen and oxygen atoms in total. The maximum absolute atomic E-state index is 5.47. The number of nitrogens with zero attached hydrogens (tertiary/aromatic N) is 3. The number of nitrogens with one attached hydrogen (secondary N) is 1. The van der Waals surface area contributed by atoms with Crippen LogP contribution in [0.15, 0.2) is 78.9 Å². The molecule has 1 N–H and O–H groups in total. The molecule has 0 amide bonds. The summed E-state index contributed by atoms with van der Waals surface area (Å²) in [6.07, 6.45) is 0. The Bertz CT molecular complexity index is 2220. The van der Waals surface area contributed by atoms with E-state index in [0.29, 0.717) is 0 Å². The Balaban J connectivity index is 1.76. The van der Waals surface area contributed by atoms with Crippen molar-refractivity contribution in [2.45, 2.75) is 48.5 Å². The van der Waals surface area contributed by atoms with Crippen LogP contribution in [0.5, 0.6) is 0 Å². The van der Waals surface area contributed by atoms with Crippen molar-refractivity contribution in [3.05, 3.63) is 118 Å². The molecule has 8 bridgehead atoms. The van der Waals surface area contributed by atoms with Gasteiger partial charge in [0.05, 0.1) is 28.3 Å². The number of aromatic nitrogens is 4. The zero-order valence-electron chi connectivity index (χ0n) is 26.8. The first-order valence-electron chi connectivity index (χ1n) is 15.3. The maximum atomic E-state index is 5.47. The molecule has 0 fully saturated rings. The molecule has 2 aliphatic rings. The summed E-state index contributed by atoms with van der Waals surface area (Å²) in [6, 6.07) is 28.0. The standard InChI is InChI=1S/C40H38N4/c1-22-27(6)40-35(30-17-13-10-14-18-30)39-26(5)24(3)37(43-39)28(7)36-23(2)25(4)38(42-36)34(29-15-11-9-12-16-29)32-20-19-31(41-32)21-33(22)44(40)8/h9-21,41H,1-8H3. The quantitative estimate of drug-likeness (QED) is 0.228. The number of benzene rings is 2. The van der Waals surface area contributed by atoms with E-state index in [1.165, 1.54) is 50.0 Å². The summed E-state index contributed by atoms with van der Waals surface area (Å²) in [5.74, 6) is 0. The van der Waals surface area contributed by atoms with Crippen molar-refractivity contribution < 1.29 is 0 Å². The van der Waals surface area contributed by atoms with E-state index in [-0.39, 0.29) is 0 Å². The van der Waals surface area contributed by atoms with Crippen molar-refractivity contribution in [3.63, 3.8) is 0 Å². The van der Waals surface area contributed by atoms with Crippen molar-refractivity contribution in [2.24, 2.45) is 7.05 Å². The molecule has 0 radical (unpaired) electrons. The highest BCUT2D eigenvalue weighted by molar-refractivity contribution is 6.03. The zero-order chi connectivity index (χ0) is 30.9. The Hall–Kier alpha value is -4.96. The number of hydrogen-bond donors (Lipinski definition) is 1. The number of H-pyrrole nitrogens is 1. The van der Waals surface area contributed by atoms with Crippen molar-refractivity contribution in [1.29, 1.82) is 0 Å². The molecule has 5 aromatic rings. The topological polar surface area (TPSA) is 46.5 Å². The molecular weight excluding hydrogens is 536 g/mol. The van der Waals surface area contributed by atoms with Crippen LogP contribution in [0.2, 0.25) is 0 Å². The second-order valence-electron chi connectivity index (χ2n) is 12.2. The van der Waals surface area contributed by atoms with E-state index in [1.807, 2.05) is 0 Å². The van der Waals surface area contributed by atoms with E-state index >= 15 is 0 Å². The minimum absolute atomic E-state index is 1.01. The summed E-state index contributed by atoms with van der Waals surface area (Å²) in [5.41, 5.74) is 21.6. The molecule has 0 spiro atoms. The molecule has 0 saturated carbocycles. The summed E-state index contributed by atoms with van der Waals surface area (Å²) in [4.78, 5) is 14.6. The molecule has 7 rings (SSSR count). The molecule has 2 aliphatic heterocycles. The van der Waals surface area contributed by atoms with Crippen LogP contribution in [0, 0.1) is 20.8 Å². The van der Waals surface area contributed by atoms with Crippen molar-refractivity contribution >= 4 is 44.4 Å². The maximum Gasteiger partial charge on any atom is 0.0769 e. The van der Waals surface area contributed by atoms with E-state index in [1.54, 1.807) is 0 Å². The third kappa shape index (κ3) is 4.12. The lowest BCUT2D eigenvalue weighted by molar-refractivity contribution is 1.01. The van der Waals surface area contributed by atoms with Crippen molar-refractivity contribution in [2.75, 3.05) is 0 Å². The summed E-state index contributed by atoms with van der Waals surface area (Å²) in [6.45, 7) is 15.5. The van der Waals surface area contributed by atoms with Gasteiger partial charge in [0, 0.05) is 40.3 Å². The number of fused-ring (bicyclic) bond motifs is 8. The predicted molar refractivity (Wildman–Crippen MR) is 187 cm³/mol. The molecule has 0 atom stereocenters. The van der Waals surface area contributed by atoms with Crippen LogP contribution in [0.25, 0.3) is 66.6 Å². The van der Waals surface area contributed by atoms with Crippen molar-refractivity contribution in [1.82, 2.24) is 19.5 Å². The number of aryl methyl sites for hydroxylation is 3. The Labute approximate surface area is 259 Å². The first kappa shape index (κ1) is 27.8. The Morgan fingerprint density at radius 2 is 1.02 bits per heavy atom. The fraction of sp³-hybridized carbons (Fsp3) is 0.200. The van der Waals surface area contributed by atoms with E-state index in [9.17, 15) is 0 Å². The lowest BCUT2D eigenvalue weighted by atomic mass is 9.96. The summed E-state index contributed by atoms with van der Waals surface area (Å²) in [7, 11) is 2.18. The van der Waals surface area contributed by atoms with Gasteiger partial charge in [-0.05, 0) is 111 Å². The SMILES string of the molecule is CC1=C(C)c2nc1c(C)c1nc(c(-c3ccccc3)c3c(C)c(C)c(cc4ccc([nH]4)c2-c2ccccc2)n3C)C(C)=C1C. The number of rotatable bonds is 2. The molecule has 0 unspecified atom stereocenters. The fourth-order valence-corrected chi connectivity index (χ4v) is 6.96. The van der Waals surface area contributed by atoms with E-state index in [0.717, 1.165) is 56.1 Å². The van der Waals surface area contributed by atoms with Gasteiger partial charge in [0.25, 0.3) is 0 Å². The van der Waals surface area contributed by atoms with Gasteiger partial charge in [-0.2, -0.15) is 0 Å². The van der Waals surface area contributed by atoms with Gasteiger partial charge in [0.2, 0.25) is 0 Å². The van der Waals surface area contributed by atoms with Gasteiger partial charge in [-0.3, -0.25) is 0 Å². The highest BCUT2D eigenvalue weighted by Crippen LogP contribution is 2.43. The lowest BCUT2D eigenvalue weighted by Gasteiger charge is -2.10. The molecule has 0 aliphatic carbocycles. The average Bonchev–Trinajstić information content (AvgIpc) is 3.75. The van der Waals surface area contributed by atoms with Gasteiger partial charge in [-0.15, -0.1) is 0 Å². The van der Waals surface area contributed by atoms with Crippen molar-refractivity contribution in [3.8, 4) is 22.3 Å². The van der Waals surface area contributed by atoms with E-state index < -0.39 is 0 Å². The predicted octanol–water partition coefficient (Wildman–Crippen LogP) is 10.5. The van der Waals surface area contributed by atoms with Crippen LogP contribution in [0.3, 0.4) is 0 Å². The van der Waals surface area contributed by atoms with Gasteiger partial charge in [-0.1, -0.05) is 60.7 Å². The van der Waals surface area contributed by atoms with Gasteiger partial charge in [-0.25, -0.2) is 9.97 Å². The fourth-order valence-electron chi connectivity index (χ4n) is 6.96. The highest BCUT2D eigenvalue weighted by atomic mass is 14.9. The average molecular weight is 575 g/mol. The molecule has 0 saturated heterocycles. The molecule has 3 aromatic heterocycles. The highest BCUT2D eigenvalue weighted by Gasteiger charge is 2.26. The monoisotopic (exact) mass is 574 g/mol. The molecule has 44 heavy (non-hydrogen) atoms. The summed E-state index contributed by atoms with van der Waals surface area (Å²) in [5, 5.41) is 0. The molecular formula is C40H38N4. The Morgan fingerprint density at radius 1 is 0.523 bits per heavy atom. The van der Waals surface area contributed by atoms with E-state index in [2.05, 4.69) is 144 Å². The van der Waals surface area contributed by atoms with Crippen LogP contribution in [-0.2, 0) is 7.05 Å². The lowest BCUT2D eigenvalue weighted by Crippen LogP contribution is -1.94.